The van der Waals surface area contributed by atoms with Gasteiger partial charge in [0.1, 0.15) is 6.10 Å². The third-order valence-corrected chi connectivity index (χ3v) is 6.03. The van der Waals surface area contributed by atoms with Crippen LogP contribution in [0.25, 0.3) is 10.1 Å². The van der Waals surface area contributed by atoms with Crippen LogP contribution in [0.3, 0.4) is 0 Å². The second kappa shape index (κ2) is 11.3. The zero-order valence-corrected chi connectivity index (χ0v) is 20.4. The van der Waals surface area contributed by atoms with Crippen LogP contribution >= 0.6 is 35.3 Å². The quantitative estimate of drug-likeness (QED) is 0.185. The van der Waals surface area contributed by atoms with Gasteiger partial charge in [-0.25, -0.2) is 0 Å². The Morgan fingerprint density at radius 3 is 2.71 bits per heavy atom. The summed E-state index contributed by atoms with van der Waals surface area (Å²) in [6, 6.07) is 20.5. The van der Waals surface area contributed by atoms with Crippen LogP contribution in [0.15, 0.2) is 78.0 Å². The lowest BCUT2D eigenvalue weighted by Gasteiger charge is -2.15. The molecule has 0 amide bonds. The molecule has 31 heavy (non-hydrogen) atoms. The minimum Gasteiger partial charge on any atom is -0.386 e. The number of hydrogen-bond acceptors (Lipinski definition) is 4. The van der Waals surface area contributed by atoms with Crippen LogP contribution in [-0.4, -0.2) is 34.4 Å². The Hall–Kier alpha value is -2.43. The minimum absolute atomic E-state index is 0. The van der Waals surface area contributed by atoms with Gasteiger partial charge < -0.3 is 15.7 Å². The summed E-state index contributed by atoms with van der Waals surface area (Å²) in [5.41, 5.74) is 2.36. The van der Waals surface area contributed by atoms with Gasteiger partial charge in [-0.05, 0) is 34.7 Å². The fraction of sp³-hybridized carbons (Fsp3) is 0.217. The predicted octanol–water partition coefficient (Wildman–Crippen LogP) is 4.16. The van der Waals surface area contributed by atoms with Gasteiger partial charge in [-0.2, -0.15) is 5.10 Å². The van der Waals surface area contributed by atoms with E-state index in [0.29, 0.717) is 19.0 Å². The van der Waals surface area contributed by atoms with E-state index in [1.54, 1.807) is 24.6 Å². The third kappa shape index (κ3) is 6.28. The zero-order valence-electron chi connectivity index (χ0n) is 17.2. The highest BCUT2D eigenvalue weighted by atomic mass is 127. The molecule has 0 aliphatic rings. The summed E-state index contributed by atoms with van der Waals surface area (Å²) in [6.45, 7) is 1.78. The largest absolute Gasteiger partial charge is 0.386 e. The first-order valence-electron chi connectivity index (χ1n) is 9.87. The molecule has 0 aliphatic carbocycles. The molecule has 0 bridgehead atoms. The fourth-order valence-electron chi connectivity index (χ4n) is 3.29. The molecule has 2 aromatic carbocycles. The Morgan fingerprint density at radius 1 is 1.10 bits per heavy atom. The first-order valence-corrected chi connectivity index (χ1v) is 10.7. The highest BCUT2D eigenvalue weighted by Gasteiger charge is 2.12. The average Bonchev–Trinajstić information content (AvgIpc) is 3.43. The summed E-state index contributed by atoms with van der Waals surface area (Å²) in [5.74, 6) is 0.660. The molecule has 1 atom stereocenters. The van der Waals surface area contributed by atoms with Gasteiger partial charge in [0.05, 0.1) is 6.54 Å². The molecule has 2 heterocycles. The number of halogens is 1. The summed E-state index contributed by atoms with van der Waals surface area (Å²) < 4.78 is 3.09. The average molecular weight is 547 g/mol. The van der Waals surface area contributed by atoms with Gasteiger partial charge >= 0.3 is 0 Å². The van der Waals surface area contributed by atoms with Crippen molar-refractivity contribution in [2.45, 2.75) is 19.2 Å². The molecule has 0 fully saturated rings. The maximum atomic E-state index is 10.6. The number of aliphatic imine (C=N–C) groups is 1. The molecule has 0 saturated carbocycles. The van der Waals surface area contributed by atoms with Crippen molar-refractivity contribution in [1.29, 1.82) is 0 Å². The van der Waals surface area contributed by atoms with E-state index in [0.717, 1.165) is 22.4 Å². The number of aromatic nitrogens is 2. The number of guanidine groups is 1. The summed E-state index contributed by atoms with van der Waals surface area (Å²) in [4.78, 5) is 5.22. The molecule has 3 N–H and O–H groups in total. The second-order valence-corrected chi connectivity index (χ2v) is 8.15. The van der Waals surface area contributed by atoms with E-state index in [4.69, 9.17) is 0 Å². The van der Waals surface area contributed by atoms with E-state index in [1.807, 2.05) is 35.1 Å². The molecular formula is C23H26IN5OS. The Balaban J connectivity index is 0.00000272. The van der Waals surface area contributed by atoms with E-state index in [9.17, 15) is 5.11 Å². The van der Waals surface area contributed by atoms with Crippen LogP contribution in [0.5, 0.6) is 0 Å². The smallest absolute Gasteiger partial charge is 0.191 e. The topological polar surface area (TPSA) is 74.5 Å². The fourth-order valence-corrected chi connectivity index (χ4v) is 4.34. The standard InChI is InChI=1S/C23H25N5OS.HI/c1-24-23(26-15-20(29)22-13-19-8-2-3-9-21(19)30-22)25-14-17-6-4-7-18(12-17)16-28-11-5-10-27-28;/h2-13,20,29H,14-16H2,1H3,(H2,24,25,26);1H. The summed E-state index contributed by atoms with van der Waals surface area (Å²) in [6.07, 6.45) is 3.16. The number of nitrogens with zero attached hydrogens (tertiary/aromatic N) is 3. The molecule has 0 radical (unpaired) electrons. The number of aliphatic hydroxyl groups excluding tert-OH is 1. The lowest BCUT2D eigenvalue weighted by atomic mass is 10.1. The number of benzene rings is 2. The lowest BCUT2D eigenvalue weighted by molar-refractivity contribution is 0.184. The third-order valence-electron chi connectivity index (χ3n) is 4.81. The van der Waals surface area contributed by atoms with E-state index in [-0.39, 0.29) is 24.0 Å². The molecule has 4 rings (SSSR count). The van der Waals surface area contributed by atoms with Crippen LogP contribution in [0.4, 0.5) is 0 Å². The van der Waals surface area contributed by atoms with Gasteiger partial charge in [0, 0.05) is 42.1 Å². The van der Waals surface area contributed by atoms with Gasteiger partial charge in [0.2, 0.25) is 0 Å². The van der Waals surface area contributed by atoms with Crippen LogP contribution < -0.4 is 10.6 Å². The Labute approximate surface area is 203 Å². The second-order valence-electron chi connectivity index (χ2n) is 7.03. The molecule has 2 aromatic heterocycles. The monoisotopic (exact) mass is 547 g/mol. The Morgan fingerprint density at radius 2 is 1.94 bits per heavy atom. The molecule has 0 aliphatic heterocycles. The first kappa shape index (κ1) is 23.2. The maximum Gasteiger partial charge on any atom is 0.191 e. The van der Waals surface area contributed by atoms with Crippen molar-refractivity contribution in [2.24, 2.45) is 4.99 Å². The van der Waals surface area contributed by atoms with Gasteiger partial charge in [-0.15, -0.1) is 35.3 Å². The summed E-state index contributed by atoms with van der Waals surface area (Å²) >= 11 is 1.62. The van der Waals surface area contributed by atoms with Crippen molar-refractivity contribution >= 4 is 51.4 Å². The molecule has 0 saturated heterocycles. The molecule has 6 nitrogen and oxygen atoms in total. The highest BCUT2D eigenvalue weighted by molar-refractivity contribution is 14.0. The number of nitrogens with one attached hydrogen (secondary N) is 2. The molecule has 4 aromatic rings. The normalized spacial score (nSPS) is 12.4. The highest BCUT2D eigenvalue weighted by Crippen LogP contribution is 2.29. The van der Waals surface area contributed by atoms with Crippen LogP contribution in [-0.2, 0) is 13.1 Å². The number of aliphatic hydroxyl groups is 1. The maximum absolute atomic E-state index is 10.6. The molecule has 0 spiro atoms. The number of hydrogen-bond donors (Lipinski definition) is 3. The lowest BCUT2D eigenvalue weighted by Crippen LogP contribution is -2.38. The Kier molecular flexibility index (Phi) is 8.44. The Bertz CT molecular complexity index is 1090. The van der Waals surface area contributed by atoms with Crippen molar-refractivity contribution in [3.63, 3.8) is 0 Å². The van der Waals surface area contributed by atoms with Gasteiger partial charge in [0.15, 0.2) is 5.96 Å². The predicted molar refractivity (Wildman–Crippen MR) is 138 cm³/mol. The first-order chi connectivity index (χ1) is 14.7. The van der Waals surface area contributed by atoms with Gasteiger partial charge in [-0.1, -0.05) is 42.5 Å². The van der Waals surface area contributed by atoms with Crippen molar-refractivity contribution < 1.29 is 5.11 Å². The van der Waals surface area contributed by atoms with Crippen LogP contribution in [0.2, 0.25) is 0 Å². The van der Waals surface area contributed by atoms with Crippen molar-refractivity contribution in [3.8, 4) is 0 Å². The van der Waals surface area contributed by atoms with E-state index in [2.05, 4.69) is 57.1 Å². The number of thiophene rings is 1. The van der Waals surface area contributed by atoms with Gasteiger partial charge in [-0.3, -0.25) is 9.67 Å². The van der Waals surface area contributed by atoms with E-state index in [1.165, 1.54) is 10.3 Å². The zero-order chi connectivity index (χ0) is 20.8. The molecular weight excluding hydrogens is 521 g/mol. The summed E-state index contributed by atoms with van der Waals surface area (Å²) in [5, 5.41) is 22.5. The van der Waals surface area contributed by atoms with Crippen molar-refractivity contribution in [2.75, 3.05) is 13.6 Å². The van der Waals surface area contributed by atoms with Gasteiger partial charge in [0.25, 0.3) is 0 Å². The van der Waals surface area contributed by atoms with Crippen molar-refractivity contribution in [3.05, 3.63) is 89.1 Å². The molecule has 162 valence electrons. The van der Waals surface area contributed by atoms with E-state index < -0.39 is 6.10 Å². The number of fused-ring (bicyclic) bond motifs is 1. The number of rotatable bonds is 7. The van der Waals surface area contributed by atoms with Crippen molar-refractivity contribution in [1.82, 2.24) is 20.4 Å². The van der Waals surface area contributed by atoms with E-state index >= 15 is 0 Å². The SMILES string of the molecule is CN=C(NCc1cccc(Cn2cccn2)c1)NCC(O)c1cc2ccccc2s1.I. The minimum atomic E-state index is -0.585. The van der Waals surface area contributed by atoms with Crippen LogP contribution in [0, 0.1) is 0 Å². The molecule has 8 heteroatoms. The molecule has 1 unspecified atom stereocenters. The summed E-state index contributed by atoms with van der Waals surface area (Å²) in [7, 11) is 1.73. The van der Waals surface area contributed by atoms with Crippen LogP contribution in [0.1, 0.15) is 22.1 Å².